The van der Waals surface area contributed by atoms with Crippen molar-refractivity contribution < 1.29 is 19.1 Å². The third-order valence-corrected chi connectivity index (χ3v) is 1.36. The van der Waals surface area contributed by atoms with Crippen LogP contribution in [-0.4, -0.2) is 23.9 Å². The minimum atomic E-state index is -1.75. The Balaban J connectivity index is 2.61. The lowest BCUT2D eigenvalue weighted by atomic mass is 10.1. The number of carbonyl (C=O) groups excluding carboxylic acids is 2. The Morgan fingerprint density at radius 3 is 2.36 bits per heavy atom. The number of cyclic esters (lactones) is 2. The first kappa shape index (κ1) is 7.96. The van der Waals surface area contributed by atoms with Gasteiger partial charge in [-0.05, 0) is 6.92 Å². The van der Waals surface area contributed by atoms with Gasteiger partial charge in [-0.3, -0.25) is 10.5 Å². The van der Waals surface area contributed by atoms with E-state index in [4.69, 9.17) is 11.5 Å². The lowest BCUT2D eigenvalue weighted by Gasteiger charge is -2.38. The van der Waals surface area contributed by atoms with Crippen LogP contribution in [-0.2, 0) is 14.3 Å². The van der Waals surface area contributed by atoms with Crippen molar-refractivity contribution in [1.29, 1.82) is 0 Å². The number of hydrogen-bond donors (Lipinski definition) is 2. The highest BCUT2D eigenvalue weighted by Gasteiger charge is 2.52. The maximum absolute atomic E-state index is 10.6. The third kappa shape index (κ3) is 1.17. The van der Waals surface area contributed by atoms with E-state index in [2.05, 4.69) is 9.47 Å². The second kappa shape index (κ2) is 2.18. The predicted molar refractivity (Wildman–Crippen MR) is 33.1 cm³/mol. The lowest BCUT2D eigenvalue weighted by molar-refractivity contribution is -0.274. The van der Waals surface area contributed by atoms with E-state index in [1.54, 1.807) is 0 Å². The summed E-state index contributed by atoms with van der Waals surface area (Å²) in [6.45, 7) is 1.23. The normalized spacial score (nSPS) is 22.6. The van der Waals surface area contributed by atoms with Crippen LogP contribution < -0.4 is 11.5 Å². The summed E-state index contributed by atoms with van der Waals surface area (Å²) in [5.74, 6) is -2.15. The zero-order valence-corrected chi connectivity index (χ0v) is 5.87. The average molecular weight is 160 g/mol. The lowest BCUT2D eigenvalue weighted by Crippen LogP contribution is -2.69. The van der Waals surface area contributed by atoms with Gasteiger partial charge in [-0.15, -0.1) is 0 Å². The van der Waals surface area contributed by atoms with E-state index in [1.165, 1.54) is 6.92 Å². The molecular formula is C5H8N2O4. The first-order valence-electron chi connectivity index (χ1n) is 2.92. The summed E-state index contributed by atoms with van der Waals surface area (Å²) < 4.78 is 8.64. The van der Waals surface area contributed by atoms with Gasteiger partial charge in [0.1, 0.15) is 0 Å². The molecule has 4 N–H and O–H groups in total. The molecule has 0 aromatic heterocycles. The maximum Gasteiger partial charge on any atom is 0.517 e. The number of carbonyl (C=O) groups is 2. The molecule has 1 atom stereocenters. The van der Waals surface area contributed by atoms with E-state index in [-0.39, 0.29) is 0 Å². The zero-order chi connectivity index (χ0) is 8.65. The molecule has 0 radical (unpaired) electrons. The van der Waals surface area contributed by atoms with E-state index < -0.39 is 23.9 Å². The molecule has 1 heterocycles. The third-order valence-electron chi connectivity index (χ3n) is 1.36. The van der Waals surface area contributed by atoms with Crippen LogP contribution >= 0.6 is 0 Å². The van der Waals surface area contributed by atoms with Crippen LogP contribution in [0.1, 0.15) is 6.92 Å². The molecule has 1 aliphatic rings. The van der Waals surface area contributed by atoms with E-state index in [1.807, 2.05) is 0 Å². The fourth-order valence-corrected chi connectivity index (χ4v) is 0.678. The van der Waals surface area contributed by atoms with E-state index in [0.717, 1.165) is 0 Å². The summed E-state index contributed by atoms with van der Waals surface area (Å²) in [4.78, 5) is 20.8. The molecule has 0 bridgehead atoms. The molecule has 1 rings (SSSR count). The number of rotatable bonds is 2. The standard InChI is InChI=1S/C5H8N2O4/c1-2(8)3(6)5(7)10-4(9)11-5/h3H,6-7H2,1H3. The van der Waals surface area contributed by atoms with Crippen LogP contribution in [0.15, 0.2) is 0 Å². The molecule has 0 aromatic rings. The van der Waals surface area contributed by atoms with Gasteiger partial charge in [0, 0.05) is 0 Å². The number of Topliss-reactive ketones (excluding diaryl/α,β-unsaturated/α-hetero) is 1. The Morgan fingerprint density at radius 2 is 2.09 bits per heavy atom. The summed E-state index contributed by atoms with van der Waals surface area (Å²) in [5.41, 5.74) is 10.5. The molecule has 1 aliphatic heterocycles. The Morgan fingerprint density at radius 1 is 1.64 bits per heavy atom. The van der Waals surface area contributed by atoms with Crippen molar-refractivity contribution in [3.63, 3.8) is 0 Å². The van der Waals surface area contributed by atoms with Crippen LogP contribution in [0.2, 0.25) is 0 Å². The van der Waals surface area contributed by atoms with Gasteiger partial charge in [0.15, 0.2) is 11.8 Å². The molecule has 1 fully saturated rings. The maximum atomic E-state index is 10.6. The van der Waals surface area contributed by atoms with Crippen molar-refractivity contribution in [2.75, 3.05) is 0 Å². The van der Waals surface area contributed by atoms with Crippen LogP contribution in [0, 0.1) is 0 Å². The van der Waals surface area contributed by atoms with Gasteiger partial charge in [0.05, 0.1) is 0 Å². The molecule has 1 unspecified atom stereocenters. The van der Waals surface area contributed by atoms with Crippen molar-refractivity contribution in [3.05, 3.63) is 0 Å². The van der Waals surface area contributed by atoms with Gasteiger partial charge in [-0.25, -0.2) is 4.79 Å². The van der Waals surface area contributed by atoms with Crippen LogP contribution in [0.25, 0.3) is 0 Å². The smallest absolute Gasteiger partial charge is 0.374 e. The molecule has 1 saturated heterocycles. The Bertz CT molecular complexity index is 207. The van der Waals surface area contributed by atoms with E-state index >= 15 is 0 Å². The number of hydrogen-bond acceptors (Lipinski definition) is 6. The van der Waals surface area contributed by atoms with E-state index in [0.29, 0.717) is 0 Å². The SMILES string of the molecule is CC(=O)C(N)C1(N)OC(=O)O1. The summed E-state index contributed by atoms with van der Waals surface area (Å²) in [6, 6.07) is -1.12. The van der Waals surface area contributed by atoms with Gasteiger partial charge in [-0.1, -0.05) is 0 Å². The minimum Gasteiger partial charge on any atom is -0.374 e. The summed E-state index contributed by atoms with van der Waals surface area (Å²) in [5, 5.41) is 0. The second-order valence-electron chi connectivity index (χ2n) is 2.26. The number of ether oxygens (including phenoxy) is 2. The molecular weight excluding hydrogens is 152 g/mol. The van der Waals surface area contributed by atoms with Gasteiger partial charge >= 0.3 is 12.1 Å². The Kier molecular flexibility index (Phi) is 1.57. The topological polar surface area (TPSA) is 105 Å². The first-order chi connectivity index (χ1) is 4.96. The van der Waals surface area contributed by atoms with Crippen molar-refractivity contribution in [3.8, 4) is 0 Å². The van der Waals surface area contributed by atoms with Crippen LogP contribution in [0.4, 0.5) is 4.79 Å². The van der Waals surface area contributed by atoms with Crippen molar-refractivity contribution in [1.82, 2.24) is 0 Å². The molecule has 0 aliphatic carbocycles. The first-order valence-corrected chi connectivity index (χ1v) is 2.92. The highest BCUT2D eigenvalue weighted by molar-refractivity contribution is 5.84. The molecule has 0 aromatic carbocycles. The molecule has 0 spiro atoms. The van der Waals surface area contributed by atoms with Gasteiger partial charge in [0.25, 0.3) is 0 Å². The summed E-state index contributed by atoms with van der Waals surface area (Å²) in [6.07, 6.45) is -0.913. The van der Waals surface area contributed by atoms with Gasteiger partial charge in [-0.2, -0.15) is 0 Å². The predicted octanol–water partition coefficient (Wildman–Crippen LogP) is -1.32. The minimum absolute atomic E-state index is 0.403. The highest BCUT2D eigenvalue weighted by atomic mass is 16.9. The van der Waals surface area contributed by atoms with Crippen LogP contribution in [0.5, 0.6) is 0 Å². The second-order valence-corrected chi connectivity index (χ2v) is 2.26. The fraction of sp³-hybridized carbons (Fsp3) is 0.600. The van der Waals surface area contributed by atoms with Gasteiger partial charge < -0.3 is 15.2 Å². The molecule has 11 heavy (non-hydrogen) atoms. The van der Waals surface area contributed by atoms with Crippen molar-refractivity contribution in [2.45, 2.75) is 18.9 Å². The van der Waals surface area contributed by atoms with Crippen molar-refractivity contribution >= 4 is 11.9 Å². The highest BCUT2D eigenvalue weighted by Crippen LogP contribution is 2.22. The molecule has 0 amide bonds. The molecule has 0 saturated carbocycles. The quantitative estimate of drug-likeness (QED) is 0.485. The molecule has 62 valence electrons. The summed E-state index contributed by atoms with van der Waals surface area (Å²) >= 11 is 0. The monoisotopic (exact) mass is 160 g/mol. The number of nitrogens with two attached hydrogens (primary N) is 2. The Hall–Kier alpha value is -1.14. The fourth-order valence-electron chi connectivity index (χ4n) is 0.678. The van der Waals surface area contributed by atoms with E-state index in [9.17, 15) is 9.59 Å². The number of ketones is 1. The molecule has 6 heteroatoms. The zero-order valence-electron chi connectivity index (χ0n) is 5.87. The van der Waals surface area contributed by atoms with Crippen LogP contribution in [0.3, 0.4) is 0 Å². The van der Waals surface area contributed by atoms with Gasteiger partial charge in [0.2, 0.25) is 0 Å². The molecule has 6 nitrogen and oxygen atoms in total. The summed E-state index contributed by atoms with van der Waals surface area (Å²) in [7, 11) is 0. The average Bonchev–Trinajstić information content (AvgIpc) is 1.83. The largest absolute Gasteiger partial charge is 0.517 e. The van der Waals surface area contributed by atoms with Crippen molar-refractivity contribution in [2.24, 2.45) is 11.5 Å². The Labute approximate surface area is 62.4 Å².